The van der Waals surface area contributed by atoms with Gasteiger partial charge in [-0.05, 0) is 259 Å². The highest BCUT2D eigenvalue weighted by atomic mass is 32.1. The number of hydrogen-bond acceptors (Lipinski definition) is 7. The standard InChI is InChI=1S/C55H28O9P2/c1-5-8-11-14-17-20-23-25-28-30-33-36-39-42-49-45-46-50-48(41-38-35-32-29-27-24-21-18-15-12-9-6-2)44-47-51(54(53(49)50)65(58,64-63-57)66(59,60)61)52(55(56)62-4)43-40-37-34-31-26-22-19-16-13-10-7-3/h2,48-54,57H,44-47H2,1,3-4H3,(H2,59,60,61). The van der Waals surface area contributed by atoms with Crippen molar-refractivity contribution in [1.82, 2.24) is 0 Å². The number of methoxy groups -OCH3 is 1. The van der Waals surface area contributed by atoms with E-state index in [1.54, 1.807) is 13.8 Å². The van der Waals surface area contributed by atoms with E-state index < -0.39 is 61.5 Å². The Labute approximate surface area is 387 Å². The molecule has 312 valence electrons. The second-order valence-electron chi connectivity index (χ2n) is 12.2. The number of ether oxygens (including phenoxy) is 1. The van der Waals surface area contributed by atoms with E-state index in [0.717, 1.165) is 7.11 Å². The summed E-state index contributed by atoms with van der Waals surface area (Å²) in [6, 6.07) is 0. The first-order valence-corrected chi connectivity index (χ1v) is 22.7. The Bertz CT molecular complexity index is 3380. The smallest absolute Gasteiger partial charge is 0.410 e. The van der Waals surface area contributed by atoms with Crippen LogP contribution in [0.4, 0.5) is 0 Å². The van der Waals surface area contributed by atoms with Gasteiger partial charge in [-0.15, -0.1) is 11.1 Å². The molecule has 3 N–H and O–H groups in total. The van der Waals surface area contributed by atoms with Gasteiger partial charge >= 0.3 is 20.3 Å². The van der Waals surface area contributed by atoms with Crippen LogP contribution in [0.3, 0.4) is 0 Å². The van der Waals surface area contributed by atoms with E-state index in [1.165, 1.54) is 0 Å². The Morgan fingerprint density at radius 3 is 1.32 bits per heavy atom. The van der Waals surface area contributed by atoms with Crippen molar-refractivity contribution in [3.05, 3.63) is 0 Å². The number of hydrogen-bond donors (Lipinski definition) is 3. The van der Waals surface area contributed by atoms with Gasteiger partial charge in [0.05, 0.1) is 12.8 Å². The van der Waals surface area contributed by atoms with Crippen LogP contribution in [-0.2, 0) is 28.4 Å². The molecular formula is C55H28O9P2. The SMILES string of the molecule is C#CC#CC#CC#CC#CC#CC#CC1CCC(C(C#CC#CC#CC#CC#CC#CC)C(=O)OC)C(P(=O)(OOO)P(=O)(O)O)C2C(C#CC#CC#CC#CC#CC#CC#CC)CCC12. The fraction of sp³-hybridized carbons (Fsp3) is 0.255. The third kappa shape index (κ3) is 18.9. The molecule has 0 radical (unpaired) electrons. The molecule has 2 aliphatic rings. The van der Waals surface area contributed by atoms with Gasteiger partial charge in [-0.3, -0.25) is 9.36 Å². The molecule has 0 aliphatic heterocycles. The number of esters is 1. The summed E-state index contributed by atoms with van der Waals surface area (Å²) in [4.78, 5) is 35.0. The number of carbonyl (C=O) groups is 1. The van der Waals surface area contributed by atoms with Crippen LogP contribution in [-0.4, -0.2) is 33.8 Å². The third-order valence-corrected chi connectivity index (χ3v) is 14.3. The molecule has 0 amide bonds. The molecule has 0 aromatic rings. The van der Waals surface area contributed by atoms with Crippen molar-refractivity contribution in [1.29, 1.82) is 0 Å². The summed E-state index contributed by atoms with van der Waals surface area (Å²) in [5.41, 5.74) is -1.73. The molecule has 9 nitrogen and oxygen atoms in total. The van der Waals surface area contributed by atoms with Crippen LogP contribution in [0.2, 0.25) is 0 Å². The number of terminal acetylenes is 1. The van der Waals surface area contributed by atoms with Crippen LogP contribution in [0.25, 0.3) is 0 Å². The van der Waals surface area contributed by atoms with Crippen LogP contribution < -0.4 is 0 Å². The summed E-state index contributed by atoms with van der Waals surface area (Å²) in [7, 11) is -10.2. The monoisotopic (exact) mass is 894 g/mol. The molecule has 0 heterocycles. The Morgan fingerprint density at radius 2 is 0.924 bits per heavy atom. The van der Waals surface area contributed by atoms with E-state index in [2.05, 4.69) is 236 Å². The van der Waals surface area contributed by atoms with E-state index in [0.29, 0.717) is 12.8 Å². The summed E-state index contributed by atoms with van der Waals surface area (Å²) in [6.07, 6.45) is 5.82. The molecule has 0 bridgehead atoms. The first kappa shape index (κ1) is 53.1. The number of fused-ring (bicyclic) bond motifs is 1. The highest BCUT2D eigenvalue weighted by molar-refractivity contribution is 8.29. The van der Waals surface area contributed by atoms with Crippen molar-refractivity contribution in [3.63, 3.8) is 0 Å². The third-order valence-electron chi connectivity index (χ3n) is 8.63. The average Bonchev–Trinajstić information content (AvgIpc) is 3.63. The Hall–Kier alpha value is -9.07. The van der Waals surface area contributed by atoms with Crippen molar-refractivity contribution in [2.75, 3.05) is 7.11 Å². The molecule has 0 aromatic heterocycles. The summed E-state index contributed by atoms with van der Waals surface area (Å²) < 4.78 is 37.9. The summed E-state index contributed by atoms with van der Waals surface area (Å²) in [5, 5.41) is 13.3. The summed E-state index contributed by atoms with van der Waals surface area (Å²) in [5.74, 6) is 92.4. The zero-order chi connectivity index (χ0) is 48.1. The normalized spacial score (nSPS) is 17.8. The molecular weight excluding hydrogens is 867 g/mol. The minimum atomic E-state index is -5.84. The number of carbonyl (C=O) groups excluding carboxylic acids is 1. The summed E-state index contributed by atoms with van der Waals surface area (Å²) >= 11 is 0. The van der Waals surface area contributed by atoms with Crippen molar-refractivity contribution in [2.24, 2.45) is 35.5 Å². The van der Waals surface area contributed by atoms with Crippen molar-refractivity contribution in [3.8, 4) is 237 Å². The highest BCUT2D eigenvalue weighted by Crippen LogP contribution is 2.84. The van der Waals surface area contributed by atoms with Gasteiger partial charge in [0.1, 0.15) is 5.92 Å². The quantitative estimate of drug-likeness (QED) is 0.121. The molecule has 0 saturated heterocycles. The summed E-state index contributed by atoms with van der Waals surface area (Å²) in [6.45, 7) is 3.27. The lowest BCUT2D eigenvalue weighted by Crippen LogP contribution is -2.40. The van der Waals surface area contributed by atoms with E-state index in [9.17, 15) is 29.0 Å². The first-order valence-electron chi connectivity index (χ1n) is 18.6. The maximum Gasteiger partial charge on any atom is 0.410 e. The maximum atomic E-state index is 14.8. The number of rotatable bonds is 6. The maximum absolute atomic E-state index is 14.8. The van der Waals surface area contributed by atoms with Gasteiger partial charge in [0.15, 0.2) is 0 Å². The Balaban J connectivity index is 2.82. The highest BCUT2D eigenvalue weighted by Gasteiger charge is 2.63. The lowest BCUT2D eigenvalue weighted by Gasteiger charge is -2.39. The Kier molecular flexibility index (Phi) is 25.5. The van der Waals surface area contributed by atoms with Crippen LogP contribution >= 0.6 is 14.3 Å². The molecule has 0 aromatic carbocycles. The van der Waals surface area contributed by atoms with E-state index >= 15 is 0 Å². The van der Waals surface area contributed by atoms with Crippen molar-refractivity contribution >= 4 is 20.3 Å². The lowest BCUT2D eigenvalue weighted by molar-refractivity contribution is -0.439. The zero-order valence-corrected chi connectivity index (χ0v) is 36.9. The van der Waals surface area contributed by atoms with Crippen LogP contribution in [0.5, 0.6) is 0 Å². The van der Waals surface area contributed by atoms with Crippen LogP contribution in [0.1, 0.15) is 39.5 Å². The van der Waals surface area contributed by atoms with E-state index in [4.69, 9.17) is 15.8 Å². The molecule has 2 rings (SSSR count). The fourth-order valence-electron chi connectivity index (χ4n) is 6.39. The molecule has 0 spiro atoms. The van der Waals surface area contributed by atoms with Gasteiger partial charge in [-0.25, -0.2) is 9.82 Å². The Morgan fingerprint density at radius 1 is 0.545 bits per heavy atom. The van der Waals surface area contributed by atoms with Crippen molar-refractivity contribution < 1.29 is 43.4 Å². The average molecular weight is 895 g/mol. The minimum absolute atomic E-state index is 0.0630. The van der Waals surface area contributed by atoms with Gasteiger partial charge in [0, 0.05) is 11.8 Å². The van der Waals surface area contributed by atoms with Gasteiger partial charge in [-0.1, -0.05) is 34.6 Å². The second-order valence-corrected chi connectivity index (χ2v) is 18.3. The molecule has 8 atom stereocenters. The van der Waals surface area contributed by atoms with Crippen LogP contribution in [0.15, 0.2) is 0 Å². The molecule has 2 fully saturated rings. The molecule has 2 aliphatic carbocycles. The zero-order valence-electron chi connectivity index (χ0n) is 35.1. The molecule has 11 heteroatoms. The van der Waals surface area contributed by atoms with Gasteiger partial charge in [0.25, 0.3) is 0 Å². The van der Waals surface area contributed by atoms with Gasteiger partial charge in [0.2, 0.25) is 0 Å². The second kappa shape index (κ2) is 31.7. The van der Waals surface area contributed by atoms with Gasteiger partial charge < -0.3 is 14.5 Å². The largest absolute Gasteiger partial charge is 0.468 e. The fourth-order valence-corrected chi connectivity index (χ4v) is 11.1. The molecule has 66 heavy (non-hydrogen) atoms. The van der Waals surface area contributed by atoms with Crippen LogP contribution in [0, 0.1) is 273 Å². The van der Waals surface area contributed by atoms with Gasteiger partial charge in [-0.2, -0.15) is 0 Å². The molecule has 8 unspecified atom stereocenters. The predicted octanol–water partition coefficient (Wildman–Crippen LogP) is 3.34. The van der Waals surface area contributed by atoms with E-state index in [-0.39, 0.29) is 12.8 Å². The predicted molar refractivity (Wildman–Crippen MR) is 248 cm³/mol. The lowest BCUT2D eigenvalue weighted by atomic mass is 9.76. The molecule has 2 saturated carbocycles. The van der Waals surface area contributed by atoms with Crippen molar-refractivity contribution in [2.45, 2.75) is 45.2 Å². The first-order chi connectivity index (χ1) is 32.1. The van der Waals surface area contributed by atoms with E-state index in [1.807, 2.05) is 0 Å². The topological polar surface area (TPSA) is 140 Å². The minimum Gasteiger partial charge on any atom is -0.468 e.